The second-order valence-electron chi connectivity index (χ2n) is 5.11. The Bertz CT molecular complexity index is 836. The second kappa shape index (κ2) is 8.93. The summed E-state index contributed by atoms with van der Waals surface area (Å²) in [5.41, 5.74) is 4.56. The molecule has 27 heavy (non-hydrogen) atoms. The van der Waals surface area contributed by atoms with Crippen molar-refractivity contribution in [1.82, 2.24) is 4.31 Å². The van der Waals surface area contributed by atoms with Crippen molar-refractivity contribution in [2.75, 3.05) is 6.61 Å². The predicted octanol–water partition coefficient (Wildman–Crippen LogP) is 0.461. The number of carbonyl (C=O) groups is 3. The summed E-state index contributed by atoms with van der Waals surface area (Å²) in [4.78, 5) is 44.0. The number of hydrogen-bond acceptors (Lipinski definition) is 8. The van der Waals surface area contributed by atoms with Gasteiger partial charge in [-0.05, 0) is 25.5 Å². The van der Waals surface area contributed by atoms with Gasteiger partial charge in [-0.25, -0.2) is 18.0 Å². The Labute approximate surface area is 153 Å². The molecule has 1 aromatic carbocycles. The van der Waals surface area contributed by atoms with Gasteiger partial charge in [0.2, 0.25) is 5.91 Å². The maximum Gasteiger partial charge on any atom is 0.424 e. The van der Waals surface area contributed by atoms with Gasteiger partial charge in [-0.15, -0.1) is 0 Å². The highest BCUT2D eigenvalue weighted by Gasteiger charge is 2.41. The number of carboxylic acids is 1. The third-order valence-electron chi connectivity index (χ3n) is 3.28. The summed E-state index contributed by atoms with van der Waals surface area (Å²) in [7, 11) is -4.75. The zero-order valence-electron chi connectivity index (χ0n) is 14.1. The normalized spacial score (nSPS) is 12.0. The Balaban J connectivity index is 3.42. The number of nitro groups is 1. The third kappa shape index (κ3) is 5.37. The minimum Gasteiger partial charge on any atom is -0.480 e. The fourth-order valence-electron chi connectivity index (χ4n) is 2.05. The molecule has 0 aliphatic heterocycles. The lowest BCUT2D eigenvalue weighted by Gasteiger charge is -2.27. The maximum absolute atomic E-state index is 12.8. The third-order valence-corrected chi connectivity index (χ3v) is 5.07. The average molecular weight is 403 g/mol. The number of amides is 2. The van der Waals surface area contributed by atoms with Crippen molar-refractivity contribution in [2.24, 2.45) is 5.73 Å². The number of aliphatic carboxylic acids is 1. The van der Waals surface area contributed by atoms with E-state index in [0.717, 1.165) is 24.3 Å². The number of nitro benzene ring substituents is 1. The van der Waals surface area contributed by atoms with E-state index in [9.17, 15) is 38.0 Å². The van der Waals surface area contributed by atoms with Gasteiger partial charge >= 0.3 is 12.1 Å². The summed E-state index contributed by atoms with van der Waals surface area (Å²) in [5.74, 6) is -2.59. The molecule has 1 atom stereocenters. The Morgan fingerprint density at radius 2 is 1.85 bits per heavy atom. The second-order valence-corrected chi connectivity index (χ2v) is 6.92. The summed E-state index contributed by atoms with van der Waals surface area (Å²) in [5, 5.41) is 20.0. The molecule has 0 heterocycles. The summed E-state index contributed by atoms with van der Waals surface area (Å²) in [6.07, 6.45) is -2.54. The number of nitrogens with two attached hydrogens (primary N) is 1. The molecule has 0 bridgehead atoms. The molecule has 0 spiro atoms. The van der Waals surface area contributed by atoms with Crippen LogP contribution in [0.15, 0.2) is 29.2 Å². The van der Waals surface area contributed by atoms with Crippen LogP contribution in [0.4, 0.5) is 10.5 Å². The summed E-state index contributed by atoms with van der Waals surface area (Å²) < 4.78 is 30.2. The number of ether oxygens (including phenoxy) is 1. The van der Waals surface area contributed by atoms with Crippen LogP contribution in [-0.4, -0.2) is 53.4 Å². The van der Waals surface area contributed by atoms with Crippen LogP contribution < -0.4 is 5.73 Å². The van der Waals surface area contributed by atoms with Gasteiger partial charge in [-0.3, -0.25) is 14.9 Å². The molecule has 0 fully saturated rings. The largest absolute Gasteiger partial charge is 0.480 e. The van der Waals surface area contributed by atoms with E-state index in [-0.39, 0.29) is 10.9 Å². The fourth-order valence-corrected chi connectivity index (χ4v) is 3.54. The van der Waals surface area contributed by atoms with Crippen molar-refractivity contribution in [3.63, 3.8) is 0 Å². The van der Waals surface area contributed by atoms with Crippen LogP contribution >= 0.6 is 0 Å². The van der Waals surface area contributed by atoms with E-state index in [4.69, 9.17) is 5.73 Å². The van der Waals surface area contributed by atoms with Crippen molar-refractivity contribution in [2.45, 2.75) is 30.7 Å². The Morgan fingerprint density at radius 1 is 1.30 bits per heavy atom. The Kier molecular flexibility index (Phi) is 7.22. The number of primary amides is 1. The van der Waals surface area contributed by atoms with Gasteiger partial charge in [0, 0.05) is 18.6 Å². The van der Waals surface area contributed by atoms with Crippen LogP contribution in [0.3, 0.4) is 0 Å². The Morgan fingerprint density at radius 3 is 2.26 bits per heavy atom. The molecule has 13 heteroatoms. The smallest absolute Gasteiger partial charge is 0.424 e. The molecule has 0 aliphatic carbocycles. The van der Waals surface area contributed by atoms with E-state index < -0.39 is 62.4 Å². The number of carboxylic acid groups (broad SMARTS) is 1. The molecule has 0 radical (unpaired) electrons. The topological polar surface area (TPSA) is 187 Å². The molecule has 1 unspecified atom stereocenters. The molecule has 12 nitrogen and oxygen atoms in total. The molecule has 0 aromatic heterocycles. The molecule has 0 saturated heterocycles. The van der Waals surface area contributed by atoms with Crippen molar-refractivity contribution < 1.29 is 37.6 Å². The van der Waals surface area contributed by atoms with E-state index in [1.165, 1.54) is 6.92 Å². The highest BCUT2D eigenvalue weighted by Crippen LogP contribution is 2.24. The number of nitrogens with zero attached hydrogens (tertiary/aromatic N) is 2. The van der Waals surface area contributed by atoms with E-state index in [1.54, 1.807) is 0 Å². The highest BCUT2D eigenvalue weighted by atomic mass is 32.2. The monoisotopic (exact) mass is 403 g/mol. The maximum atomic E-state index is 12.8. The van der Waals surface area contributed by atoms with Crippen molar-refractivity contribution in [3.8, 4) is 0 Å². The van der Waals surface area contributed by atoms with Crippen LogP contribution in [0.5, 0.6) is 0 Å². The molecule has 1 rings (SSSR count). The van der Waals surface area contributed by atoms with E-state index in [0.29, 0.717) is 0 Å². The molecule has 2 amide bonds. The first kappa shape index (κ1) is 21.8. The number of hydrogen-bond donors (Lipinski definition) is 2. The summed E-state index contributed by atoms with van der Waals surface area (Å²) in [6.45, 7) is 1.14. The van der Waals surface area contributed by atoms with E-state index >= 15 is 0 Å². The van der Waals surface area contributed by atoms with Gasteiger partial charge in [-0.1, -0.05) is 0 Å². The number of carbonyl (C=O) groups excluding carboxylic acids is 2. The number of non-ortho nitro benzene ring substituents is 1. The quantitative estimate of drug-likeness (QED) is 0.436. The summed E-state index contributed by atoms with van der Waals surface area (Å²) in [6, 6.07) is 1.52. The number of benzene rings is 1. The van der Waals surface area contributed by atoms with Crippen LogP contribution in [0.2, 0.25) is 0 Å². The molecule has 148 valence electrons. The first-order valence-electron chi connectivity index (χ1n) is 7.49. The standard InChI is InChI=1S/C14H17N3O9S/c1-2-26-14(21)16(11(13(19)20)7-8-12(15)18)27(24,25)10-5-3-9(4-6-10)17(22)23/h3-6,11H,2,7-8H2,1H3,(H2,15,18)(H,19,20). The lowest BCUT2D eigenvalue weighted by atomic mass is 10.1. The van der Waals surface area contributed by atoms with Gasteiger partial charge in [0.15, 0.2) is 0 Å². The lowest BCUT2D eigenvalue weighted by Crippen LogP contribution is -2.49. The summed E-state index contributed by atoms with van der Waals surface area (Å²) >= 11 is 0. The predicted molar refractivity (Wildman–Crippen MR) is 89.0 cm³/mol. The van der Waals surface area contributed by atoms with Crippen LogP contribution in [0.25, 0.3) is 0 Å². The molecular weight excluding hydrogens is 386 g/mol. The van der Waals surface area contributed by atoms with Crippen molar-refractivity contribution >= 4 is 33.7 Å². The van der Waals surface area contributed by atoms with Gasteiger partial charge in [0.25, 0.3) is 15.7 Å². The molecule has 0 saturated carbocycles. The zero-order valence-corrected chi connectivity index (χ0v) is 14.9. The molecule has 0 aliphatic rings. The SMILES string of the molecule is CCOC(=O)N(C(CCC(N)=O)C(=O)O)S(=O)(=O)c1ccc([N+](=O)[O-])cc1. The number of rotatable bonds is 9. The van der Waals surface area contributed by atoms with Gasteiger partial charge in [0.05, 0.1) is 16.4 Å². The van der Waals surface area contributed by atoms with E-state index in [1.807, 2.05) is 0 Å². The minimum absolute atomic E-state index is 0.0110. The van der Waals surface area contributed by atoms with Crippen molar-refractivity contribution in [1.29, 1.82) is 0 Å². The van der Waals surface area contributed by atoms with E-state index in [2.05, 4.69) is 4.74 Å². The van der Waals surface area contributed by atoms with Gasteiger partial charge in [-0.2, -0.15) is 4.31 Å². The number of sulfonamides is 1. The first-order chi connectivity index (χ1) is 12.5. The average Bonchev–Trinajstić information content (AvgIpc) is 2.57. The van der Waals surface area contributed by atoms with Crippen molar-refractivity contribution in [3.05, 3.63) is 34.4 Å². The van der Waals surface area contributed by atoms with Gasteiger partial charge in [0.1, 0.15) is 6.04 Å². The zero-order chi connectivity index (χ0) is 20.8. The van der Waals surface area contributed by atoms with Gasteiger partial charge < -0.3 is 15.6 Å². The fraction of sp³-hybridized carbons (Fsp3) is 0.357. The Hall–Kier alpha value is -3.22. The molecule has 3 N–H and O–H groups in total. The molecule has 1 aromatic rings. The van der Waals surface area contributed by atoms with Crippen LogP contribution in [0.1, 0.15) is 19.8 Å². The van der Waals surface area contributed by atoms with Crippen LogP contribution in [-0.2, 0) is 24.3 Å². The minimum atomic E-state index is -4.75. The highest BCUT2D eigenvalue weighted by molar-refractivity contribution is 7.89. The first-order valence-corrected chi connectivity index (χ1v) is 8.93. The van der Waals surface area contributed by atoms with Crippen LogP contribution in [0, 0.1) is 10.1 Å². The lowest BCUT2D eigenvalue weighted by molar-refractivity contribution is -0.384. The molecular formula is C14H17N3O9S.